The van der Waals surface area contributed by atoms with Crippen LogP contribution in [0.15, 0.2) is 18.2 Å². The lowest BCUT2D eigenvalue weighted by Gasteiger charge is -2.31. The Balaban J connectivity index is 2.00. The van der Waals surface area contributed by atoms with Crippen molar-refractivity contribution in [2.75, 3.05) is 13.1 Å². The summed E-state index contributed by atoms with van der Waals surface area (Å²) in [5, 5.41) is 1.30. The first-order chi connectivity index (χ1) is 9.10. The van der Waals surface area contributed by atoms with Crippen LogP contribution < -0.4 is 11.3 Å². The maximum atomic E-state index is 11.6. The Morgan fingerprint density at radius 2 is 2.26 bits per heavy atom. The van der Waals surface area contributed by atoms with Gasteiger partial charge in [-0.15, -0.1) is 0 Å². The lowest BCUT2D eigenvalue weighted by atomic mass is 9.97. The highest BCUT2D eigenvalue weighted by molar-refractivity contribution is 6.35. The van der Waals surface area contributed by atoms with Gasteiger partial charge in [0.15, 0.2) is 0 Å². The number of rotatable bonds is 3. The van der Waals surface area contributed by atoms with Gasteiger partial charge in [0.05, 0.1) is 5.92 Å². The highest BCUT2D eigenvalue weighted by atomic mass is 35.5. The molecule has 1 aromatic rings. The molecule has 1 aromatic carbocycles. The minimum Gasteiger partial charge on any atom is -0.298 e. The van der Waals surface area contributed by atoms with Crippen molar-refractivity contribution in [1.29, 1.82) is 0 Å². The summed E-state index contributed by atoms with van der Waals surface area (Å²) >= 11 is 12.0. The molecule has 4 nitrogen and oxygen atoms in total. The molecule has 1 aliphatic heterocycles. The third kappa shape index (κ3) is 3.83. The van der Waals surface area contributed by atoms with Crippen molar-refractivity contribution < 1.29 is 4.79 Å². The number of hydrogen-bond acceptors (Lipinski definition) is 3. The van der Waals surface area contributed by atoms with E-state index >= 15 is 0 Å². The van der Waals surface area contributed by atoms with Gasteiger partial charge < -0.3 is 0 Å². The largest absolute Gasteiger partial charge is 0.298 e. The van der Waals surface area contributed by atoms with Gasteiger partial charge >= 0.3 is 0 Å². The van der Waals surface area contributed by atoms with Crippen LogP contribution in [0.2, 0.25) is 10.0 Å². The van der Waals surface area contributed by atoms with Crippen LogP contribution in [0.25, 0.3) is 0 Å². The molecule has 0 spiro atoms. The lowest BCUT2D eigenvalue weighted by molar-refractivity contribution is -0.126. The van der Waals surface area contributed by atoms with Crippen molar-refractivity contribution in [3.05, 3.63) is 33.8 Å². The number of carbonyl (C=O) groups excluding carboxylic acids is 1. The van der Waals surface area contributed by atoms with Crippen LogP contribution in [0, 0.1) is 5.92 Å². The first-order valence-corrected chi connectivity index (χ1v) is 7.02. The predicted molar refractivity (Wildman–Crippen MR) is 76.8 cm³/mol. The molecule has 0 aliphatic carbocycles. The van der Waals surface area contributed by atoms with Crippen LogP contribution in [0.5, 0.6) is 0 Å². The molecule has 3 N–H and O–H groups in total. The fourth-order valence-electron chi connectivity index (χ4n) is 2.42. The Hall–Kier alpha value is -0.810. The molecule has 0 saturated carbocycles. The first kappa shape index (κ1) is 14.6. The number of halogens is 2. The summed E-state index contributed by atoms with van der Waals surface area (Å²) in [6, 6.07) is 5.50. The summed E-state index contributed by atoms with van der Waals surface area (Å²) in [5.41, 5.74) is 3.26. The van der Waals surface area contributed by atoms with Crippen molar-refractivity contribution >= 4 is 29.1 Å². The van der Waals surface area contributed by atoms with E-state index in [1.54, 1.807) is 6.07 Å². The van der Waals surface area contributed by atoms with E-state index in [0.717, 1.165) is 31.5 Å². The molecule has 1 atom stereocenters. The van der Waals surface area contributed by atoms with Crippen molar-refractivity contribution in [2.24, 2.45) is 11.8 Å². The number of likely N-dealkylation sites (tertiary alicyclic amines) is 1. The number of hydrogen-bond donors (Lipinski definition) is 2. The van der Waals surface area contributed by atoms with Gasteiger partial charge in [-0.05, 0) is 37.1 Å². The van der Waals surface area contributed by atoms with Gasteiger partial charge in [0.25, 0.3) is 0 Å². The molecule has 1 heterocycles. The van der Waals surface area contributed by atoms with Crippen LogP contribution >= 0.6 is 23.2 Å². The van der Waals surface area contributed by atoms with Crippen molar-refractivity contribution in [3.8, 4) is 0 Å². The Kier molecular flexibility index (Phi) is 5.05. The van der Waals surface area contributed by atoms with Crippen LogP contribution in [0.3, 0.4) is 0 Å². The molecule has 104 valence electrons. The van der Waals surface area contributed by atoms with E-state index < -0.39 is 0 Å². The monoisotopic (exact) mass is 301 g/mol. The summed E-state index contributed by atoms with van der Waals surface area (Å²) in [7, 11) is 0. The minimum atomic E-state index is -0.0908. The van der Waals surface area contributed by atoms with E-state index in [2.05, 4.69) is 10.3 Å². The minimum absolute atomic E-state index is 0.0372. The van der Waals surface area contributed by atoms with E-state index in [1.807, 2.05) is 12.1 Å². The molecule has 1 aliphatic rings. The van der Waals surface area contributed by atoms with E-state index in [9.17, 15) is 4.79 Å². The second kappa shape index (κ2) is 6.57. The number of piperidine rings is 1. The van der Waals surface area contributed by atoms with E-state index in [4.69, 9.17) is 29.0 Å². The molecule has 0 bridgehead atoms. The number of carbonyl (C=O) groups is 1. The third-order valence-corrected chi connectivity index (χ3v) is 4.01. The van der Waals surface area contributed by atoms with Crippen LogP contribution in [0.4, 0.5) is 0 Å². The van der Waals surface area contributed by atoms with Crippen molar-refractivity contribution in [3.63, 3.8) is 0 Å². The number of amides is 1. The average molecular weight is 302 g/mol. The van der Waals surface area contributed by atoms with Gasteiger partial charge in [0, 0.05) is 23.1 Å². The maximum absolute atomic E-state index is 11.6. The number of nitrogens with zero attached hydrogens (tertiary/aromatic N) is 1. The second-order valence-corrected chi connectivity index (χ2v) is 5.66. The summed E-state index contributed by atoms with van der Waals surface area (Å²) in [4.78, 5) is 13.8. The molecule has 2 rings (SSSR count). The predicted octanol–water partition coefficient (Wildman–Crippen LogP) is 2.20. The molecule has 0 radical (unpaired) electrons. The van der Waals surface area contributed by atoms with E-state index in [-0.39, 0.29) is 11.8 Å². The fourth-order valence-corrected chi connectivity index (χ4v) is 2.89. The highest BCUT2D eigenvalue weighted by Gasteiger charge is 2.25. The number of benzene rings is 1. The maximum Gasteiger partial charge on any atom is 0.238 e. The smallest absolute Gasteiger partial charge is 0.238 e. The molecule has 1 unspecified atom stereocenters. The summed E-state index contributed by atoms with van der Waals surface area (Å²) < 4.78 is 0. The number of nitrogens with two attached hydrogens (primary N) is 1. The van der Waals surface area contributed by atoms with Gasteiger partial charge in [-0.2, -0.15) is 0 Å². The topological polar surface area (TPSA) is 58.4 Å². The van der Waals surface area contributed by atoms with Gasteiger partial charge in [0.1, 0.15) is 0 Å². The zero-order chi connectivity index (χ0) is 13.8. The molecule has 0 aromatic heterocycles. The van der Waals surface area contributed by atoms with E-state index in [0.29, 0.717) is 16.6 Å². The molecule has 1 amide bonds. The zero-order valence-corrected chi connectivity index (χ0v) is 12.0. The molecule has 6 heteroatoms. The summed E-state index contributed by atoms with van der Waals surface area (Å²) in [6.07, 6.45) is 1.87. The van der Waals surface area contributed by atoms with Crippen molar-refractivity contribution in [2.45, 2.75) is 19.4 Å². The number of hydrazine groups is 1. The number of nitrogens with one attached hydrogen (secondary N) is 1. The normalized spacial score (nSPS) is 20.3. The highest BCUT2D eigenvalue weighted by Crippen LogP contribution is 2.24. The lowest BCUT2D eigenvalue weighted by Crippen LogP contribution is -2.44. The third-order valence-electron chi connectivity index (χ3n) is 3.43. The first-order valence-electron chi connectivity index (χ1n) is 6.27. The van der Waals surface area contributed by atoms with Gasteiger partial charge in [-0.1, -0.05) is 29.3 Å². The SMILES string of the molecule is NNC(=O)C1CCCN(Cc2ccc(Cl)cc2Cl)C1. The average Bonchev–Trinajstić information content (AvgIpc) is 2.41. The Morgan fingerprint density at radius 3 is 2.95 bits per heavy atom. The quantitative estimate of drug-likeness (QED) is 0.511. The molecular weight excluding hydrogens is 285 g/mol. The summed E-state index contributed by atoms with van der Waals surface area (Å²) in [5.74, 6) is 5.06. The van der Waals surface area contributed by atoms with Crippen LogP contribution in [-0.4, -0.2) is 23.9 Å². The summed E-state index contributed by atoms with van der Waals surface area (Å²) in [6.45, 7) is 2.40. The van der Waals surface area contributed by atoms with Crippen molar-refractivity contribution in [1.82, 2.24) is 10.3 Å². The molecule has 1 saturated heterocycles. The van der Waals surface area contributed by atoms with E-state index in [1.165, 1.54) is 0 Å². The van der Waals surface area contributed by atoms with Gasteiger partial charge in [-0.25, -0.2) is 5.84 Å². The van der Waals surface area contributed by atoms with Crippen LogP contribution in [-0.2, 0) is 11.3 Å². The molecule has 19 heavy (non-hydrogen) atoms. The fraction of sp³-hybridized carbons (Fsp3) is 0.462. The Bertz CT molecular complexity index is 467. The Morgan fingerprint density at radius 1 is 1.47 bits per heavy atom. The standard InChI is InChI=1S/C13H17Cl2N3O/c14-11-4-3-9(12(15)6-11)7-18-5-1-2-10(8-18)13(19)17-16/h3-4,6,10H,1-2,5,7-8,16H2,(H,17,19). The van der Waals surface area contributed by atoms with Gasteiger partial charge in [0.2, 0.25) is 5.91 Å². The zero-order valence-electron chi connectivity index (χ0n) is 10.5. The van der Waals surface area contributed by atoms with Crippen LogP contribution in [0.1, 0.15) is 18.4 Å². The second-order valence-electron chi connectivity index (χ2n) is 4.82. The van der Waals surface area contributed by atoms with Gasteiger partial charge in [-0.3, -0.25) is 15.1 Å². The Labute approximate surface area is 122 Å². The molecule has 1 fully saturated rings. The molecular formula is C13H17Cl2N3O.